The average Bonchev–Trinajstić information content (AvgIpc) is 2.87. The van der Waals surface area contributed by atoms with E-state index < -0.39 is 5.91 Å². The third-order valence-electron chi connectivity index (χ3n) is 5.78. The second-order valence-electron chi connectivity index (χ2n) is 7.70. The summed E-state index contributed by atoms with van der Waals surface area (Å²) < 4.78 is 21.6. The summed E-state index contributed by atoms with van der Waals surface area (Å²) in [4.78, 5) is 34.3. The van der Waals surface area contributed by atoms with Gasteiger partial charge in [0.2, 0.25) is 11.7 Å². The fraction of sp³-hybridized carbons (Fsp3) is 0.280. The monoisotopic (exact) mass is 463 g/mol. The van der Waals surface area contributed by atoms with Gasteiger partial charge >= 0.3 is 0 Å². The van der Waals surface area contributed by atoms with Crippen LogP contribution in [0.3, 0.4) is 0 Å². The van der Waals surface area contributed by atoms with E-state index in [-0.39, 0.29) is 17.6 Å². The van der Waals surface area contributed by atoms with Gasteiger partial charge in [0.05, 0.1) is 45.3 Å². The van der Waals surface area contributed by atoms with Crippen molar-refractivity contribution in [2.24, 2.45) is 0 Å². The number of amides is 1. The van der Waals surface area contributed by atoms with Crippen LogP contribution in [0.5, 0.6) is 23.0 Å². The molecule has 1 N–H and O–H groups in total. The summed E-state index contributed by atoms with van der Waals surface area (Å²) in [6.45, 7) is 0. The lowest BCUT2D eigenvalue weighted by molar-refractivity contribution is 0.0962. The van der Waals surface area contributed by atoms with E-state index in [4.69, 9.17) is 18.9 Å². The largest absolute Gasteiger partial charge is 0.496 e. The number of para-hydroxylation sites is 1. The van der Waals surface area contributed by atoms with Crippen LogP contribution in [0.1, 0.15) is 44.3 Å². The second-order valence-corrected chi connectivity index (χ2v) is 7.70. The summed E-state index contributed by atoms with van der Waals surface area (Å²) in [5, 5.41) is 2.70. The fourth-order valence-corrected chi connectivity index (χ4v) is 4.08. The van der Waals surface area contributed by atoms with E-state index in [1.54, 1.807) is 38.5 Å². The topological polar surface area (TPSA) is 109 Å². The number of nitrogens with zero attached hydrogens (tertiary/aromatic N) is 2. The highest BCUT2D eigenvalue weighted by Gasteiger charge is 2.30. The van der Waals surface area contributed by atoms with Crippen molar-refractivity contribution in [3.8, 4) is 23.0 Å². The first-order valence-corrected chi connectivity index (χ1v) is 10.6. The highest BCUT2D eigenvalue weighted by Crippen LogP contribution is 2.42. The number of carbonyl (C=O) groups excluding carboxylic acids is 2. The van der Waals surface area contributed by atoms with Crippen molar-refractivity contribution >= 4 is 17.6 Å². The summed E-state index contributed by atoms with van der Waals surface area (Å²) in [6, 6.07) is 10.6. The van der Waals surface area contributed by atoms with Gasteiger partial charge in [-0.3, -0.25) is 14.9 Å². The van der Waals surface area contributed by atoms with Crippen LogP contribution < -0.4 is 24.3 Å². The Bertz CT molecular complexity index is 1220. The molecule has 4 rings (SSSR count). The Balaban J connectivity index is 1.62. The van der Waals surface area contributed by atoms with Gasteiger partial charge in [0.15, 0.2) is 17.3 Å². The van der Waals surface area contributed by atoms with Gasteiger partial charge in [-0.1, -0.05) is 12.1 Å². The second kappa shape index (κ2) is 9.78. The van der Waals surface area contributed by atoms with Crippen molar-refractivity contribution in [2.75, 3.05) is 33.8 Å². The van der Waals surface area contributed by atoms with Gasteiger partial charge in [0.25, 0.3) is 5.91 Å². The molecule has 1 aliphatic rings. The fourth-order valence-electron chi connectivity index (χ4n) is 4.08. The molecule has 9 heteroatoms. The van der Waals surface area contributed by atoms with Gasteiger partial charge in [0.1, 0.15) is 5.75 Å². The first-order chi connectivity index (χ1) is 16.5. The van der Waals surface area contributed by atoms with Crippen molar-refractivity contribution in [1.29, 1.82) is 0 Å². The molecule has 0 saturated heterocycles. The number of nitrogens with one attached hydrogen (secondary N) is 1. The molecule has 1 aromatic heterocycles. The average molecular weight is 463 g/mol. The maximum Gasteiger partial charge on any atom is 0.261 e. The van der Waals surface area contributed by atoms with Crippen molar-refractivity contribution in [2.45, 2.75) is 18.8 Å². The predicted molar refractivity (Wildman–Crippen MR) is 124 cm³/mol. The van der Waals surface area contributed by atoms with Gasteiger partial charge in [-0.2, -0.15) is 0 Å². The van der Waals surface area contributed by atoms with E-state index >= 15 is 0 Å². The number of rotatable bonds is 7. The van der Waals surface area contributed by atoms with Gasteiger partial charge in [0, 0.05) is 12.6 Å². The number of aromatic nitrogens is 2. The lowest BCUT2D eigenvalue weighted by atomic mass is 9.82. The van der Waals surface area contributed by atoms with Crippen LogP contribution in [-0.4, -0.2) is 50.1 Å². The molecule has 1 atom stereocenters. The number of ether oxygens (including phenoxy) is 4. The zero-order valence-corrected chi connectivity index (χ0v) is 19.4. The minimum atomic E-state index is -0.402. The van der Waals surface area contributed by atoms with Gasteiger partial charge in [-0.15, -0.1) is 0 Å². The van der Waals surface area contributed by atoms with E-state index in [2.05, 4.69) is 15.3 Å². The Labute approximate surface area is 197 Å². The van der Waals surface area contributed by atoms with Crippen molar-refractivity contribution < 1.29 is 28.5 Å². The summed E-state index contributed by atoms with van der Waals surface area (Å²) in [6.07, 6.45) is 2.25. The van der Waals surface area contributed by atoms with E-state index in [1.807, 2.05) is 12.1 Å². The van der Waals surface area contributed by atoms with Crippen LogP contribution in [0.25, 0.3) is 0 Å². The maximum atomic E-state index is 12.9. The number of ketones is 1. The summed E-state index contributed by atoms with van der Waals surface area (Å²) in [5.74, 6) is 1.46. The standard InChI is InChI=1S/C25H25N3O6/c1-31-20-8-6-5-7-16(20)24(30)28-25-26-13-17-18(27-25)9-14(10-19(17)29)15-11-21(32-2)23(34-4)22(12-15)33-3/h5-8,11-14H,9-10H2,1-4H3,(H,26,27,28,30). The number of carbonyl (C=O) groups is 2. The Morgan fingerprint density at radius 2 is 1.62 bits per heavy atom. The number of methoxy groups -OCH3 is 4. The van der Waals surface area contributed by atoms with Crippen LogP contribution in [0.15, 0.2) is 42.6 Å². The van der Waals surface area contributed by atoms with Crippen molar-refractivity contribution in [3.05, 3.63) is 65.0 Å². The zero-order valence-electron chi connectivity index (χ0n) is 19.4. The molecule has 0 saturated carbocycles. The summed E-state index contributed by atoms with van der Waals surface area (Å²) in [7, 11) is 6.13. The van der Waals surface area contributed by atoms with E-state index in [9.17, 15) is 9.59 Å². The SMILES string of the molecule is COc1ccccc1C(=O)Nc1ncc2c(n1)CC(c1cc(OC)c(OC)c(OC)c1)CC2=O. The van der Waals surface area contributed by atoms with Gasteiger partial charge in [-0.05, 0) is 42.2 Å². The zero-order chi connectivity index (χ0) is 24.2. The highest BCUT2D eigenvalue weighted by atomic mass is 16.5. The van der Waals surface area contributed by atoms with E-state index in [1.165, 1.54) is 20.4 Å². The minimum absolute atomic E-state index is 0.0670. The van der Waals surface area contributed by atoms with Gasteiger partial charge in [-0.25, -0.2) is 9.97 Å². The first-order valence-electron chi connectivity index (χ1n) is 10.6. The Hall–Kier alpha value is -4.14. The smallest absolute Gasteiger partial charge is 0.261 e. The van der Waals surface area contributed by atoms with Crippen LogP contribution >= 0.6 is 0 Å². The number of fused-ring (bicyclic) bond motifs is 1. The molecule has 0 aliphatic heterocycles. The third-order valence-corrected chi connectivity index (χ3v) is 5.78. The van der Waals surface area contributed by atoms with E-state index in [0.29, 0.717) is 52.7 Å². The third kappa shape index (κ3) is 4.36. The van der Waals surface area contributed by atoms with Gasteiger partial charge < -0.3 is 18.9 Å². The molecule has 3 aromatic rings. The Kier molecular flexibility index (Phi) is 6.62. The normalized spacial score (nSPS) is 14.7. The molecule has 0 bridgehead atoms. The first kappa shape index (κ1) is 23.0. The number of hydrogen-bond acceptors (Lipinski definition) is 8. The molecule has 1 aliphatic carbocycles. The highest BCUT2D eigenvalue weighted by molar-refractivity contribution is 6.05. The number of Topliss-reactive ketones (excluding diaryl/α,β-unsaturated/α-hetero) is 1. The van der Waals surface area contributed by atoms with E-state index in [0.717, 1.165) is 5.56 Å². The van der Waals surface area contributed by atoms with Crippen LogP contribution in [-0.2, 0) is 6.42 Å². The molecule has 2 aromatic carbocycles. The molecule has 34 heavy (non-hydrogen) atoms. The molecular weight excluding hydrogens is 438 g/mol. The molecule has 0 spiro atoms. The minimum Gasteiger partial charge on any atom is -0.496 e. The van der Waals surface area contributed by atoms with Crippen LogP contribution in [0, 0.1) is 0 Å². The predicted octanol–water partition coefficient (Wildman–Crippen LogP) is 3.68. The van der Waals surface area contributed by atoms with Crippen molar-refractivity contribution in [1.82, 2.24) is 9.97 Å². The molecule has 0 fully saturated rings. The van der Waals surface area contributed by atoms with Crippen LogP contribution in [0.2, 0.25) is 0 Å². The molecule has 1 unspecified atom stereocenters. The van der Waals surface area contributed by atoms with Crippen LogP contribution in [0.4, 0.5) is 5.95 Å². The molecule has 176 valence electrons. The Morgan fingerprint density at radius 1 is 0.941 bits per heavy atom. The summed E-state index contributed by atoms with van der Waals surface area (Å²) in [5.41, 5.74) is 2.25. The lowest BCUT2D eigenvalue weighted by Gasteiger charge is -2.24. The molecule has 9 nitrogen and oxygen atoms in total. The maximum absolute atomic E-state index is 12.9. The molecular formula is C25H25N3O6. The number of hydrogen-bond donors (Lipinski definition) is 1. The van der Waals surface area contributed by atoms with Crippen molar-refractivity contribution in [3.63, 3.8) is 0 Å². The number of anilines is 1. The molecule has 0 radical (unpaired) electrons. The molecule has 1 heterocycles. The Morgan fingerprint density at radius 3 is 2.26 bits per heavy atom. The quantitative estimate of drug-likeness (QED) is 0.565. The lowest BCUT2D eigenvalue weighted by Crippen LogP contribution is -2.22. The summed E-state index contributed by atoms with van der Waals surface area (Å²) >= 11 is 0. The number of benzene rings is 2. The molecule has 1 amide bonds.